The Labute approximate surface area is 140 Å². The van der Waals surface area contributed by atoms with Gasteiger partial charge in [0.05, 0.1) is 26.4 Å². The lowest BCUT2D eigenvalue weighted by Crippen LogP contribution is -2.39. The molecule has 9 nitrogen and oxygen atoms in total. The van der Waals surface area contributed by atoms with E-state index in [1.54, 1.807) is 6.33 Å². The standard InChI is InChI=1S/C15H23N7O2/c1(2-21-3-7-23-8-4-21)16-13-12-14(18-11-17-13)20-15(19-12)22-5-9-24-10-6-22/h11H,1-10H2,(H2,16,17,18,19,20). The number of nitrogens with zero attached hydrogens (tertiary/aromatic N) is 5. The maximum absolute atomic E-state index is 5.39. The van der Waals surface area contributed by atoms with Crippen LogP contribution >= 0.6 is 0 Å². The molecule has 2 saturated heterocycles. The smallest absolute Gasteiger partial charge is 0.205 e. The van der Waals surface area contributed by atoms with Gasteiger partial charge < -0.3 is 24.7 Å². The van der Waals surface area contributed by atoms with Gasteiger partial charge in [-0.1, -0.05) is 0 Å². The second kappa shape index (κ2) is 7.29. The zero-order valence-corrected chi connectivity index (χ0v) is 13.7. The zero-order chi connectivity index (χ0) is 16.2. The fourth-order valence-electron chi connectivity index (χ4n) is 3.03. The molecule has 0 saturated carbocycles. The van der Waals surface area contributed by atoms with E-state index in [0.29, 0.717) is 5.65 Å². The molecule has 2 N–H and O–H groups in total. The van der Waals surface area contributed by atoms with E-state index in [-0.39, 0.29) is 0 Å². The summed E-state index contributed by atoms with van der Waals surface area (Å²) in [5, 5.41) is 3.40. The van der Waals surface area contributed by atoms with Gasteiger partial charge in [0.2, 0.25) is 5.95 Å². The molecule has 0 spiro atoms. The lowest BCUT2D eigenvalue weighted by Gasteiger charge is -2.26. The third-order valence-corrected chi connectivity index (χ3v) is 4.41. The number of hydrogen-bond donors (Lipinski definition) is 2. The fraction of sp³-hybridized carbons (Fsp3) is 0.667. The third-order valence-electron chi connectivity index (χ3n) is 4.41. The normalized spacial score (nSPS) is 19.8. The number of imidazole rings is 1. The monoisotopic (exact) mass is 333 g/mol. The molecule has 24 heavy (non-hydrogen) atoms. The van der Waals surface area contributed by atoms with Crippen molar-refractivity contribution in [3.8, 4) is 0 Å². The van der Waals surface area contributed by atoms with Gasteiger partial charge in [-0.05, 0) is 0 Å². The molecule has 2 aromatic heterocycles. The van der Waals surface area contributed by atoms with Crippen LogP contribution in [0.25, 0.3) is 11.2 Å². The lowest BCUT2D eigenvalue weighted by molar-refractivity contribution is 0.0398. The van der Waals surface area contributed by atoms with E-state index in [0.717, 1.165) is 83.0 Å². The topological polar surface area (TPSA) is 91.4 Å². The third kappa shape index (κ3) is 3.42. The lowest BCUT2D eigenvalue weighted by atomic mass is 10.4. The molecule has 0 radical (unpaired) electrons. The number of nitrogens with one attached hydrogen (secondary N) is 2. The van der Waals surface area contributed by atoms with Gasteiger partial charge in [-0.3, -0.25) is 4.90 Å². The summed E-state index contributed by atoms with van der Waals surface area (Å²) in [6.07, 6.45) is 1.56. The average molecular weight is 333 g/mol. The van der Waals surface area contributed by atoms with Crippen molar-refractivity contribution in [2.75, 3.05) is 75.9 Å². The second-order valence-corrected chi connectivity index (χ2v) is 5.96. The van der Waals surface area contributed by atoms with E-state index in [1.165, 1.54) is 0 Å². The number of hydrogen-bond acceptors (Lipinski definition) is 8. The van der Waals surface area contributed by atoms with E-state index in [4.69, 9.17) is 9.47 Å². The van der Waals surface area contributed by atoms with Crippen molar-refractivity contribution < 1.29 is 9.47 Å². The minimum absolute atomic E-state index is 0.695. The first kappa shape index (κ1) is 15.6. The van der Waals surface area contributed by atoms with E-state index in [2.05, 4.69) is 35.1 Å². The SMILES string of the molecule is c1nc(NCCN2CCOCC2)c2[nH]c(N3CCOCC3)nc2n1. The maximum Gasteiger partial charge on any atom is 0.205 e. The molecule has 4 heterocycles. The summed E-state index contributed by atoms with van der Waals surface area (Å²) >= 11 is 0. The van der Waals surface area contributed by atoms with Crippen molar-refractivity contribution in [3.63, 3.8) is 0 Å². The highest BCUT2D eigenvalue weighted by atomic mass is 16.5. The number of fused-ring (bicyclic) bond motifs is 1. The summed E-state index contributed by atoms with van der Waals surface area (Å²) in [7, 11) is 0. The van der Waals surface area contributed by atoms with Crippen molar-refractivity contribution >= 4 is 22.9 Å². The summed E-state index contributed by atoms with van der Waals surface area (Å²) in [4.78, 5) is 21.2. The largest absolute Gasteiger partial charge is 0.379 e. The van der Waals surface area contributed by atoms with Crippen LogP contribution in [0.3, 0.4) is 0 Å². The van der Waals surface area contributed by atoms with E-state index in [1.807, 2.05) is 0 Å². The highest BCUT2D eigenvalue weighted by Crippen LogP contribution is 2.21. The first-order valence-corrected chi connectivity index (χ1v) is 8.47. The van der Waals surface area contributed by atoms with Crippen molar-refractivity contribution in [3.05, 3.63) is 6.33 Å². The Bertz CT molecular complexity index is 665. The van der Waals surface area contributed by atoms with Crippen LogP contribution in [0.2, 0.25) is 0 Å². The van der Waals surface area contributed by atoms with Crippen molar-refractivity contribution in [1.82, 2.24) is 24.8 Å². The summed E-state index contributed by atoms with van der Waals surface area (Å²) in [5.74, 6) is 1.64. The minimum Gasteiger partial charge on any atom is -0.379 e. The Balaban J connectivity index is 1.43. The molecule has 2 aliphatic heterocycles. The molecule has 2 aromatic rings. The zero-order valence-electron chi connectivity index (χ0n) is 13.7. The van der Waals surface area contributed by atoms with Crippen molar-refractivity contribution in [2.45, 2.75) is 0 Å². The van der Waals surface area contributed by atoms with Gasteiger partial charge in [-0.2, -0.15) is 4.98 Å². The van der Waals surface area contributed by atoms with Crippen molar-refractivity contribution in [1.29, 1.82) is 0 Å². The highest BCUT2D eigenvalue weighted by molar-refractivity contribution is 5.84. The Morgan fingerprint density at radius 2 is 1.79 bits per heavy atom. The van der Waals surface area contributed by atoms with Crippen LogP contribution in [0.4, 0.5) is 11.8 Å². The maximum atomic E-state index is 5.39. The van der Waals surface area contributed by atoms with Gasteiger partial charge in [0.25, 0.3) is 0 Å². The molecule has 0 amide bonds. The summed E-state index contributed by atoms with van der Waals surface area (Å²) in [6, 6.07) is 0. The molecular formula is C15H23N7O2. The number of aromatic amines is 1. The number of ether oxygens (including phenoxy) is 2. The molecule has 9 heteroatoms. The Hall–Kier alpha value is -1.97. The highest BCUT2D eigenvalue weighted by Gasteiger charge is 2.17. The summed E-state index contributed by atoms with van der Waals surface area (Å²) in [5.41, 5.74) is 1.56. The van der Waals surface area contributed by atoms with Crippen LogP contribution in [-0.4, -0.2) is 90.5 Å². The van der Waals surface area contributed by atoms with Crippen LogP contribution in [0.15, 0.2) is 6.33 Å². The number of H-pyrrole nitrogens is 1. The molecule has 4 rings (SSSR count). The van der Waals surface area contributed by atoms with E-state index >= 15 is 0 Å². The first-order valence-electron chi connectivity index (χ1n) is 8.47. The quantitative estimate of drug-likeness (QED) is 0.786. The van der Waals surface area contributed by atoms with Crippen LogP contribution in [0, 0.1) is 0 Å². The molecule has 2 fully saturated rings. The Morgan fingerprint density at radius 3 is 2.58 bits per heavy atom. The number of anilines is 2. The number of rotatable bonds is 5. The summed E-state index contributed by atoms with van der Waals surface area (Å²) < 4.78 is 10.8. The number of morpholine rings is 2. The van der Waals surface area contributed by atoms with E-state index < -0.39 is 0 Å². The van der Waals surface area contributed by atoms with Crippen molar-refractivity contribution in [2.24, 2.45) is 0 Å². The predicted octanol–water partition coefficient (Wildman–Crippen LogP) is -0.0664. The molecule has 0 aromatic carbocycles. The average Bonchev–Trinajstić information content (AvgIpc) is 3.09. The molecule has 0 atom stereocenters. The van der Waals surface area contributed by atoms with Gasteiger partial charge in [-0.15, -0.1) is 0 Å². The number of aromatic nitrogens is 4. The molecule has 0 bridgehead atoms. The van der Waals surface area contributed by atoms with E-state index in [9.17, 15) is 0 Å². The molecule has 0 unspecified atom stereocenters. The van der Waals surface area contributed by atoms with Gasteiger partial charge in [-0.25, -0.2) is 9.97 Å². The van der Waals surface area contributed by atoms with Crippen LogP contribution in [0.5, 0.6) is 0 Å². The van der Waals surface area contributed by atoms with Gasteiger partial charge in [0.15, 0.2) is 11.5 Å². The van der Waals surface area contributed by atoms with Crippen LogP contribution < -0.4 is 10.2 Å². The molecule has 2 aliphatic rings. The van der Waals surface area contributed by atoms with Gasteiger partial charge in [0.1, 0.15) is 11.8 Å². The molecule has 0 aliphatic carbocycles. The minimum atomic E-state index is 0.695. The van der Waals surface area contributed by atoms with Crippen LogP contribution in [-0.2, 0) is 9.47 Å². The first-order chi connectivity index (χ1) is 11.9. The van der Waals surface area contributed by atoms with Gasteiger partial charge >= 0.3 is 0 Å². The van der Waals surface area contributed by atoms with Gasteiger partial charge in [0, 0.05) is 39.3 Å². The molecule has 130 valence electrons. The predicted molar refractivity (Wildman–Crippen MR) is 90.5 cm³/mol. The van der Waals surface area contributed by atoms with Crippen LogP contribution in [0.1, 0.15) is 0 Å². The second-order valence-electron chi connectivity index (χ2n) is 5.96. The molecular weight excluding hydrogens is 310 g/mol. The Morgan fingerprint density at radius 1 is 1.04 bits per heavy atom. The Kier molecular flexibility index (Phi) is 4.72. The fourth-order valence-corrected chi connectivity index (χ4v) is 3.03. The summed E-state index contributed by atoms with van der Waals surface area (Å²) in [6.45, 7) is 8.57.